The number of hydrogen-bond donors (Lipinski definition) is 2. The van der Waals surface area contributed by atoms with Crippen molar-refractivity contribution in [3.05, 3.63) is 36.5 Å². The lowest BCUT2D eigenvalue weighted by molar-refractivity contribution is 0.313. The van der Waals surface area contributed by atoms with Gasteiger partial charge in [0.25, 0.3) is 0 Å². The second-order valence-corrected chi connectivity index (χ2v) is 7.35. The summed E-state index contributed by atoms with van der Waals surface area (Å²) in [7, 11) is 2.18. The summed E-state index contributed by atoms with van der Waals surface area (Å²) in [5.41, 5.74) is 2.29. The highest BCUT2D eigenvalue weighted by Crippen LogP contribution is 2.23. The zero-order valence-electron chi connectivity index (χ0n) is 15.5. The van der Waals surface area contributed by atoms with Crippen LogP contribution in [-0.4, -0.2) is 54.1 Å². The molecule has 2 aliphatic rings. The first-order valence-corrected chi connectivity index (χ1v) is 9.66. The van der Waals surface area contributed by atoms with Gasteiger partial charge in [-0.15, -0.1) is 0 Å². The van der Waals surface area contributed by atoms with Crippen LogP contribution in [0.15, 0.2) is 36.5 Å². The zero-order valence-corrected chi connectivity index (χ0v) is 15.5. The smallest absolute Gasteiger partial charge is 0.229 e. The van der Waals surface area contributed by atoms with Gasteiger partial charge in [0.05, 0.1) is 0 Å². The number of nitrogens with zero attached hydrogens (tertiary/aromatic N) is 4. The normalized spacial score (nSPS) is 18.9. The van der Waals surface area contributed by atoms with Crippen LogP contribution in [0.3, 0.4) is 0 Å². The van der Waals surface area contributed by atoms with Crippen molar-refractivity contribution >= 4 is 23.1 Å². The van der Waals surface area contributed by atoms with E-state index < -0.39 is 0 Å². The minimum atomic E-state index is 0.556. The molecular weight excluding hydrogens is 324 g/mol. The second-order valence-electron chi connectivity index (χ2n) is 7.35. The standard InChI is InChI=1S/C20H28N6/c1-25-12-14-26(15-13-25)18-8-6-17(7-9-18)23-20-21-11-10-19(24-20)22-16-4-2-3-5-16/h6-11,16H,2-5,12-15H2,1H3,(H2,21,22,23,24). The van der Waals surface area contributed by atoms with Gasteiger partial charge in [0.2, 0.25) is 5.95 Å². The van der Waals surface area contributed by atoms with Gasteiger partial charge in [-0.05, 0) is 50.2 Å². The van der Waals surface area contributed by atoms with E-state index in [1.807, 2.05) is 12.3 Å². The molecule has 2 fully saturated rings. The Morgan fingerprint density at radius 3 is 2.42 bits per heavy atom. The maximum Gasteiger partial charge on any atom is 0.229 e. The summed E-state index contributed by atoms with van der Waals surface area (Å²) in [6.07, 6.45) is 6.91. The Kier molecular flexibility index (Phi) is 5.20. The molecule has 1 aliphatic heterocycles. The molecule has 1 saturated carbocycles. The molecule has 1 saturated heterocycles. The van der Waals surface area contributed by atoms with Gasteiger partial charge in [-0.2, -0.15) is 4.98 Å². The van der Waals surface area contributed by atoms with Crippen LogP contribution < -0.4 is 15.5 Å². The molecule has 1 aromatic carbocycles. The number of anilines is 4. The van der Waals surface area contributed by atoms with Gasteiger partial charge in [-0.3, -0.25) is 0 Å². The summed E-state index contributed by atoms with van der Waals surface area (Å²) in [4.78, 5) is 13.8. The second kappa shape index (κ2) is 7.91. The third-order valence-electron chi connectivity index (χ3n) is 5.35. The van der Waals surface area contributed by atoms with E-state index in [4.69, 9.17) is 0 Å². The van der Waals surface area contributed by atoms with Crippen molar-refractivity contribution in [3.8, 4) is 0 Å². The molecule has 0 atom stereocenters. The van der Waals surface area contributed by atoms with Crippen molar-refractivity contribution in [2.45, 2.75) is 31.7 Å². The molecular formula is C20H28N6. The van der Waals surface area contributed by atoms with Crippen molar-refractivity contribution < 1.29 is 0 Å². The average molecular weight is 352 g/mol. The highest BCUT2D eigenvalue weighted by molar-refractivity contribution is 5.60. The van der Waals surface area contributed by atoms with Gasteiger partial charge in [-0.25, -0.2) is 4.98 Å². The van der Waals surface area contributed by atoms with E-state index in [1.165, 1.54) is 31.4 Å². The predicted molar refractivity (Wildman–Crippen MR) is 107 cm³/mol. The summed E-state index contributed by atoms with van der Waals surface area (Å²) in [6.45, 7) is 4.41. The topological polar surface area (TPSA) is 56.3 Å². The lowest BCUT2D eigenvalue weighted by Crippen LogP contribution is -2.44. The first-order valence-electron chi connectivity index (χ1n) is 9.66. The molecule has 2 heterocycles. The highest BCUT2D eigenvalue weighted by Gasteiger charge is 2.16. The van der Waals surface area contributed by atoms with Crippen LogP contribution in [0.25, 0.3) is 0 Å². The summed E-state index contributed by atoms with van der Waals surface area (Å²) in [5, 5.41) is 6.84. The van der Waals surface area contributed by atoms with Crippen molar-refractivity contribution in [1.82, 2.24) is 14.9 Å². The van der Waals surface area contributed by atoms with Gasteiger partial charge >= 0.3 is 0 Å². The zero-order chi connectivity index (χ0) is 17.8. The molecule has 6 heteroatoms. The number of aromatic nitrogens is 2. The van der Waals surface area contributed by atoms with E-state index in [0.717, 1.165) is 37.7 Å². The van der Waals surface area contributed by atoms with Crippen LogP contribution in [0.5, 0.6) is 0 Å². The Bertz CT molecular complexity index is 702. The Morgan fingerprint density at radius 2 is 1.69 bits per heavy atom. The van der Waals surface area contributed by atoms with Gasteiger partial charge in [0.1, 0.15) is 5.82 Å². The van der Waals surface area contributed by atoms with E-state index in [-0.39, 0.29) is 0 Å². The largest absolute Gasteiger partial charge is 0.369 e. The Balaban J connectivity index is 1.37. The van der Waals surface area contributed by atoms with Crippen LogP contribution in [-0.2, 0) is 0 Å². The Hall–Kier alpha value is -2.34. The third-order valence-corrected chi connectivity index (χ3v) is 5.35. The molecule has 0 unspecified atom stereocenters. The molecule has 6 nitrogen and oxygen atoms in total. The third kappa shape index (κ3) is 4.25. The maximum absolute atomic E-state index is 4.60. The first kappa shape index (κ1) is 17.1. The number of nitrogens with one attached hydrogen (secondary N) is 2. The quantitative estimate of drug-likeness (QED) is 0.861. The molecule has 0 amide bonds. The van der Waals surface area contributed by atoms with Gasteiger partial charge in [-0.1, -0.05) is 12.8 Å². The summed E-state index contributed by atoms with van der Waals surface area (Å²) >= 11 is 0. The van der Waals surface area contributed by atoms with Crippen molar-refractivity contribution in [3.63, 3.8) is 0 Å². The minimum Gasteiger partial charge on any atom is -0.369 e. The van der Waals surface area contributed by atoms with Crippen molar-refractivity contribution in [2.24, 2.45) is 0 Å². The molecule has 26 heavy (non-hydrogen) atoms. The number of hydrogen-bond acceptors (Lipinski definition) is 6. The molecule has 0 radical (unpaired) electrons. The fourth-order valence-corrected chi connectivity index (χ4v) is 3.73. The van der Waals surface area contributed by atoms with Gasteiger partial charge in [0.15, 0.2) is 0 Å². The molecule has 0 bridgehead atoms. The highest BCUT2D eigenvalue weighted by atomic mass is 15.2. The Labute approximate surface area is 155 Å². The molecule has 1 aliphatic carbocycles. The fourth-order valence-electron chi connectivity index (χ4n) is 3.73. The van der Waals surface area contributed by atoms with Crippen LogP contribution in [0, 0.1) is 0 Å². The fraction of sp³-hybridized carbons (Fsp3) is 0.500. The monoisotopic (exact) mass is 352 g/mol. The molecule has 1 aromatic heterocycles. The van der Waals surface area contributed by atoms with Crippen LogP contribution in [0.1, 0.15) is 25.7 Å². The Morgan fingerprint density at radius 1 is 0.962 bits per heavy atom. The minimum absolute atomic E-state index is 0.556. The molecule has 138 valence electrons. The van der Waals surface area contributed by atoms with E-state index in [0.29, 0.717) is 12.0 Å². The SMILES string of the molecule is CN1CCN(c2ccc(Nc3nccc(NC4CCCC4)n3)cc2)CC1. The lowest BCUT2D eigenvalue weighted by atomic mass is 10.2. The summed E-state index contributed by atoms with van der Waals surface area (Å²) in [5.74, 6) is 1.55. The van der Waals surface area contributed by atoms with Crippen molar-refractivity contribution in [1.29, 1.82) is 0 Å². The summed E-state index contributed by atoms with van der Waals surface area (Å²) in [6, 6.07) is 11.1. The average Bonchev–Trinajstić information content (AvgIpc) is 3.16. The van der Waals surface area contributed by atoms with E-state index >= 15 is 0 Å². The van der Waals surface area contributed by atoms with E-state index in [1.54, 1.807) is 0 Å². The predicted octanol–water partition coefficient (Wildman–Crippen LogP) is 3.33. The number of benzene rings is 1. The van der Waals surface area contributed by atoms with E-state index in [2.05, 4.69) is 61.7 Å². The van der Waals surface area contributed by atoms with Gasteiger partial charge in [0, 0.05) is 49.8 Å². The van der Waals surface area contributed by atoms with Crippen LogP contribution in [0.2, 0.25) is 0 Å². The first-order chi connectivity index (χ1) is 12.8. The maximum atomic E-state index is 4.60. The molecule has 2 aromatic rings. The van der Waals surface area contributed by atoms with Crippen LogP contribution >= 0.6 is 0 Å². The van der Waals surface area contributed by atoms with Gasteiger partial charge < -0.3 is 20.4 Å². The van der Waals surface area contributed by atoms with Crippen molar-refractivity contribution in [2.75, 3.05) is 48.8 Å². The summed E-state index contributed by atoms with van der Waals surface area (Å²) < 4.78 is 0. The molecule has 2 N–H and O–H groups in total. The number of likely N-dealkylation sites (N-methyl/N-ethyl adjacent to an activating group) is 1. The van der Waals surface area contributed by atoms with Crippen LogP contribution in [0.4, 0.5) is 23.1 Å². The molecule has 0 spiro atoms. The molecule has 4 rings (SSSR count). The number of rotatable bonds is 5. The number of piperazine rings is 1. The lowest BCUT2D eigenvalue weighted by Gasteiger charge is -2.34. The van der Waals surface area contributed by atoms with E-state index in [9.17, 15) is 0 Å².